The van der Waals surface area contributed by atoms with E-state index in [1.165, 1.54) is 16.9 Å². The second-order valence-electron chi connectivity index (χ2n) is 9.46. The number of benzene rings is 1. The number of amides is 2. The van der Waals surface area contributed by atoms with Crippen molar-refractivity contribution in [2.75, 3.05) is 6.54 Å². The van der Waals surface area contributed by atoms with Gasteiger partial charge < -0.3 is 10.1 Å². The molecule has 2 N–H and O–H groups in total. The summed E-state index contributed by atoms with van der Waals surface area (Å²) >= 11 is 1.26. The molecule has 0 aliphatic rings. The number of nitrogens with zero attached hydrogens (tertiary/aromatic N) is 3. The number of hydrogen-bond acceptors (Lipinski definition) is 6. The van der Waals surface area contributed by atoms with E-state index in [-0.39, 0.29) is 6.54 Å². The highest BCUT2D eigenvalue weighted by atomic mass is 32.1. The van der Waals surface area contributed by atoms with Crippen molar-refractivity contribution in [3.8, 4) is 11.3 Å². The maximum absolute atomic E-state index is 13.1. The molecule has 0 saturated carbocycles. The summed E-state index contributed by atoms with van der Waals surface area (Å²) in [7, 11) is 1.83. The Morgan fingerprint density at radius 1 is 1.20 bits per heavy atom. The Kier molecular flexibility index (Phi) is 9.06. The monoisotopic (exact) mass is 498 g/mol. The van der Waals surface area contributed by atoms with Crippen LogP contribution < -0.4 is 5.32 Å². The van der Waals surface area contributed by atoms with E-state index < -0.39 is 23.6 Å². The Hall–Kier alpha value is -3.17. The third-order valence-electron chi connectivity index (χ3n) is 5.46. The summed E-state index contributed by atoms with van der Waals surface area (Å²) in [5, 5.41) is 20.3. The standard InChI is InChI=1S/C26H34N4O4S/c1-26(2,3)34-25(32)27-17-21(13-9-8-12-19-10-6-5-7-11-19)30(33)24(31)23-16-20(18-35-23)22-14-15-28-29(22)4/h5-7,10-11,14-16,18,21,33H,8-9,12-13,17H2,1-4H3,(H,27,32). The lowest BCUT2D eigenvalue weighted by atomic mass is 10.0. The summed E-state index contributed by atoms with van der Waals surface area (Å²) < 4.78 is 7.04. The fourth-order valence-electron chi connectivity index (χ4n) is 3.70. The summed E-state index contributed by atoms with van der Waals surface area (Å²) in [6.45, 7) is 5.44. The van der Waals surface area contributed by atoms with Crippen molar-refractivity contribution in [2.45, 2.75) is 58.1 Å². The van der Waals surface area contributed by atoms with Crippen molar-refractivity contribution in [3.63, 3.8) is 0 Å². The number of aryl methyl sites for hydroxylation is 2. The fraction of sp³-hybridized carbons (Fsp3) is 0.423. The number of hydrogen-bond donors (Lipinski definition) is 2. The molecular formula is C26H34N4O4S. The molecule has 0 radical (unpaired) electrons. The summed E-state index contributed by atoms with van der Waals surface area (Å²) in [4.78, 5) is 25.7. The van der Waals surface area contributed by atoms with Crippen LogP contribution in [0.15, 0.2) is 54.0 Å². The van der Waals surface area contributed by atoms with Crippen LogP contribution in [0.3, 0.4) is 0 Å². The van der Waals surface area contributed by atoms with Crippen molar-refractivity contribution in [1.29, 1.82) is 0 Å². The van der Waals surface area contributed by atoms with Crippen molar-refractivity contribution >= 4 is 23.3 Å². The molecule has 0 bridgehead atoms. The first-order valence-corrected chi connectivity index (χ1v) is 12.6. The van der Waals surface area contributed by atoms with Gasteiger partial charge in [0, 0.05) is 30.7 Å². The Morgan fingerprint density at radius 3 is 2.60 bits per heavy atom. The molecule has 1 aromatic carbocycles. The molecular weight excluding hydrogens is 464 g/mol. The van der Waals surface area contributed by atoms with Gasteiger partial charge in [0.05, 0.1) is 16.6 Å². The number of rotatable bonds is 10. The SMILES string of the molecule is Cn1nccc1-c1csc(C(=O)N(O)C(CCCCc2ccccc2)CNC(=O)OC(C)(C)C)c1. The average Bonchev–Trinajstić information content (AvgIpc) is 3.46. The lowest BCUT2D eigenvalue weighted by Crippen LogP contribution is -2.46. The van der Waals surface area contributed by atoms with Gasteiger partial charge in [-0.3, -0.25) is 14.7 Å². The van der Waals surface area contributed by atoms with Gasteiger partial charge in [-0.15, -0.1) is 11.3 Å². The topological polar surface area (TPSA) is 96.7 Å². The maximum Gasteiger partial charge on any atom is 0.407 e. The highest BCUT2D eigenvalue weighted by Crippen LogP contribution is 2.26. The number of alkyl carbamates (subject to hydrolysis) is 1. The number of hydroxylamine groups is 2. The molecule has 0 spiro atoms. The van der Waals surface area contributed by atoms with Crippen LogP contribution in [0.5, 0.6) is 0 Å². The minimum atomic E-state index is -0.636. The van der Waals surface area contributed by atoms with Crippen LogP contribution in [0.4, 0.5) is 4.79 Å². The molecule has 3 rings (SSSR count). The molecule has 35 heavy (non-hydrogen) atoms. The third kappa shape index (κ3) is 7.93. The van der Waals surface area contributed by atoms with Crippen molar-refractivity contribution in [2.24, 2.45) is 7.05 Å². The molecule has 8 nitrogen and oxygen atoms in total. The van der Waals surface area contributed by atoms with Crippen LogP contribution in [-0.2, 0) is 18.2 Å². The Labute approximate surface area is 210 Å². The quantitative estimate of drug-likeness (QED) is 0.225. The summed E-state index contributed by atoms with van der Waals surface area (Å²) in [6.07, 6.45) is 4.24. The zero-order valence-corrected chi connectivity index (χ0v) is 21.5. The fourth-order valence-corrected chi connectivity index (χ4v) is 4.53. The maximum atomic E-state index is 13.1. The molecule has 2 heterocycles. The molecule has 2 amide bonds. The van der Waals surface area contributed by atoms with E-state index in [1.807, 2.05) is 36.7 Å². The normalized spacial score (nSPS) is 12.3. The van der Waals surface area contributed by atoms with Gasteiger partial charge in [-0.05, 0) is 57.7 Å². The molecule has 3 aromatic rings. The lowest BCUT2D eigenvalue weighted by molar-refractivity contribution is -0.0898. The van der Waals surface area contributed by atoms with Crippen LogP contribution in [0.25, 0.3) is 11.3 Å². The zero-order valence-electron chi connectivity index (χ0n) is 20.7. The van der Waals surface area contributed by atoms with E-state index in [4.69, 9.17) is 4.74 Å². The van der Waals surface area contributed by atoms with Gasteiger partial charge in [-0.2, -0.15) is 5.10 Å². The summed E-state index contributed by atoms with van der Waals surface area (Å²) in [5.41, 5.74) is 2.35. The largest absolute Gasteiger partial charge is 0.444 e. The second kappa shape index (κ2) is 12.0. The van der Waals surface area contributed by atoms with E-state index >= 15 is 0 Å². The van der Waals surface area contributed by atoms with E-state index in [0.29, 0.717) is 11.3 Å². The Balaban J connectivity index is 1.64. The molecule has 9 heteroatoms. The lowest BCUT2D eigenvalue weighted by Gasteiger charge is -2.27. The molecule has 0 fully saturated rings. The van der Waals surface area contributed by atoms with E-state index in [9.17, 15) is 14.8 Å². The average molecular weight is 499 g/mol. The van der Waals surface area contributed by atoms with Gasteiger partial charge in [0.15, 0.2) is 0 Å². The number of ether oxygens (including phenoxy) is 1. The highest BCUT2D eigenvalue weighted by molar-refractivity contribution is 7.12. The van der Waals surface area contributed by atoms with Crippen LogP contribution >= 0.6 is 11.3 Å². The van der Waals surface area contributed by atoms with Crippen molar-refractivity contribution in [3.05, 3.63) is 64.5 Å². The van der Waals surface area contributed by atoms with Crippen LogP contribution in [0, 0.1) is 0 Å². The molecule has 0 aliphatic heterocycles. The van der Waals surface area contributed by atoms with E-state index in [1.54, 1.807) is 37.7 Å². The summed E-state index contributed by atoms with van der Waals surface area (Å²) in [6, 6.07) is 13.2. The Morgan fingerprint density at radius 2 is 1.94 bits per heavy atom. The number of thiophene rings is 1. The third-order valence-corrected chi connectivity index (χ3v) is 6.38. The summed E-state index contributed by atoms with van der Waals surface area (Å²) in [5.74, 6) is -0.498. The molecule has 188 valence electrons. The molecule has 0 aliphatic carbocycles. The van der Waals surface area contributed by atoms with E-state index in [0.717, 1.165) is 35.6 Å². The zero-order chi connectivity index (χ0) is 25.4. The van der Waals surface area contributed by atoms with Gasteiger partial charge >= 0.3 is 6.09 Å². The minimum absolute atomic E-state index is 0.0858. The second-order valence-corrected chi connectivity index (χ2v) is 10.4. The molecule has 2 aromatic heterocycles. The number of nitrogens with one attached hydrogen (secondary N) is 1. The molecule has 1 unspecified atom stereocenters. The van der Waals surface area contributed by atoms with Crippen molar-refractivity contribution in [1.82, 2.24) is 20.2 Å². The van der Waals surface area contributed by atoms with Crippen LogP contribution in [0.1, 0.15) is 55.3 Å². The number of carbonyl (C=O) groups excluding carboxylic acids is 2. The predicted molar refractivity (Wildman–Crippen MR) is 136 cm³/mol. The van der Waals surface area contributed by atoms with Gasteiger partial charge in [-0.25, -0.2) is 9.86 Å². The first-order chi connectivity index (χ1) is 16.6. The van der Waals surface area contributed by atoms with Gasteiger partial charge in [0.2, 0.25) is 0 Å². The van der Waals surface area contributed by atoms with Gasteiger partial charge in [0.25, 0.3) is 5.91 Å². The Bertz CT molecular complexity index is 1100. The minimum Gasteiger partial charge on any atom is -0.444 e. The first-order valence-electron chi connectivity index (χ1n) is 11.7. The highest BCUT2D eigenvalue weighted by Gasteiger charge is 2.26. The first kappa shape index (κ1) is 26.4. The predicted octanol–water partition coefficient (Wildman–Crippen LogP) is 5.29. The van der Waals surface area contributed by atoms with Gasteiger partial charge in [0.1, 0.15) is 5.60 Å². The molecule has 0 saturated heterocycles. The van der Waals surface area contributed by atoms with Gasteiger partial charge in [-0.1, -0.05) is 36.8 Å². The molecule has 1 atom stereocenters. The smallest absolute Gasteiger partial charge is 0.407 e. The number of carbonyl (C=O) groups is 2. The van der Waals surface area contributed by atoms with Crippen molar-refractivity contribution < 1.29 is 19.5 Å². The van der Waals surface area contributed by atoms with Crippen LogP contribution in [0.2, 0.25) is 0 Å². The van der Waals surface area contributed by atoms with Crippen LogP contribution in [-0.4, -0.2) is 50.2 Å². The number of aromatic nitrogens is 2. The number of unbranched alkanes of at least 4 members (excludes halogenated alkanes) is 1. The van der Waals surface area contributed by atoms with E-state index in [2.05, 4.69) is 22.5 Å².